The summed E-state index contributed by atoms with van der Waals surface area (Å²) in [5.74, 6) is 0.632. The second-order valence-electron chi connectivity index (χ2n) is 11.4. The second-order valence-corrected chi connectivity index (χ2v) is 11.4. The molecule has 7 heteroatoms. The van der Waals surface area contributed by atoms with Crippen molar-refractivity contribution in [2.75, 3.05) is 13.1 Å². The van der Waals surface area contributed by atoms with Gasteiger partial charge in [0, 0.05) is 18.2 Å². The van der Waals surface area contributed by atoms with Crippen molar-refractivity contribution < 1.29 is 24.5 Å². The molecule has 0 aromatic heterocycles. The fourth-order valence-corrected chi connectivity index (χ4v) is 8.23. The molecule has 2 saturated carbocycles. The van der Waals surface area contributed by atoms with Gasteiger partial charge in [-0.15, -0.1) is 0 Å². The van der Waals surface area contributed by atoms with Crippen LogP contribution in [0.2, 0.25) is 0 Å². The molecule has 0 unspecified atom stereocenters. The van der Waals surface area contributed by atoms with Crippen molar-refractivity contribution in [3.8, 4) is 11.5 Å². The number of hydrogen-bond donors (Lipinski definition) is 2. The summed E-state index contributed by atoms with van der Waals surface area (Å²) in [5.41, 5.74) is 1.09. The Hall–Kier alpha value is -2.90. The molecule has 8 rings (SSSR count). The van der Waals surface area contributed by atoms with Gasteiger partial charge in [0.2, 0.25) is 0 Å². The Morgan fingerprint density at radius 3 is 2.46 bits per heavy atom. The fourth-order valence-electron chi connectivity index (χ4n) is 8.23. The van der Waals surface area contributed by atoms with E-state index >= 15 is 0 Å². The summed E-state index contributed by atoms with van der Waals surface area (Å²) in [6.07, 6.45) is 4.31. The Balaban J connectivity index is 1.28. The van der Waals surface area contributed by atoms with E-state index < -0.39 is 23.2 Å². The molecule has 2 aromatic rings. The highest BCUT2D eigenvalue weighted by atomic mass is 16.5. The Morgan fingerprint density at radius 2 is 1.74 bits per heavy atom. The molecule has 35 heavy (non-hydrogen) atoms. The van der Waals surface area contributed by atoms with Gasteiger partial charge in [-0.1, -0.05) is 18.2 Å². The first-order valence-corrected chi connectivity index (χ1v) is 12.9. The van der Waals surface area contributed by atoms with Gasteiger partial charge in [0.25, 0.3) is 11.8 Å². The predicted octanol–water partition coefficient (Wildman–Crippen LogP) is 2.62. The standard InChI is InChI=1S/C28H28N2O5/c31-20-8-7-16-13-21-28(34)10-9-19(30-25(32)17-3-1-2-4-18(17)26(30)33)24-27(28,22(16)23(20)35-24)11-12-29(21)14-15-5-6-15/h1-4,7-8,15,19,21,24,31,34H,5-6,9-14H2/t19-,21+,24+,27-,28+/m0/s1. The monoisotopic (exact) mass is 472 g/mol. The highest BCUT2D eigenvalue weighted by Crippen LogP contribution is 2.66. The minimum atomic E-state index is -1.04. The zero-order valence-corrected chi connectivity index (χ0v) is 19.4. The SMILES string of the molecule is O=C1c2ccccc2C(=O)N1[C@H]1CC[C@@]2(O)[C@H]3Cc4ccc(O)c5c4[C@@]2(CCN3CC2CC2)[C@@H]1O5. The van der Waals surface area contributed by atoms with Gasteiger partial charge in [0.15, 0.2) is 11.5 Å². The van der Waals surface area contributed by atoms with Crippen molar-refractivity contribution in [1.29, 1.82) is 0 Å². The van der Waals surface area contributed by atoms with E-state index in [1.165, 1.54) is 17.7 Å². The minimum Gasteiger partial charge on any atom is -0.504 e. The maximum absolute atomic E-state index is 13.5. The molecule has 1 spiro atoms. The van der Waals surface area contributed by atoms with Gasteiger partial charge in [-0.3, -0.25) is 19.4 Å². The molecule has 2 amide bonds. The summed E-state index contributed by atoms with van der Waals surface area (Å²) in [6.45, 7) is 1.85. The second kappa shape index (κ2) is 6.45. The van der Waals surface area contributed by atoms with Crippen LogP contribution in [0.1, 0.15) is 63.9 Å². The number of aliphatic hydroxyl groups is 1. The number of likely N-dealkylation sites (tertiary alicyclic amines) is 1. The molecule has 7 nitrogen and oxygen atoms in total. The van der Waals surface area contributed by atoms with Crippen LogP contribution >= 0.6 is 0 Å². The van der Waals surface area contributed by atoms with Crippen molar-refractivity contribution in [2.24, 2.45) is 5.92 Å². The molecule has 5 atom stereocenters. The Kier molecular flexibility index (Phi) is 3.74. The zero-order valence-electron chi connectivity index (χ0n) is 19.4. The summed E-state index contributed by atoms with van der Waals surface area (Å²) in [5, 5.41) is 23.4. The van der Waals surface area contributed by atoms with Gasteiger partial charge < -0.3 is 14.9 Å². The lowest BCUT2D eigenvalue weighted by atomic mass is 9.48. The minimum absolute atomic E-state index is 0.0333. The number of rotatable bonds is 3. The van der Waals surface area contributed by atoms with E-state index in [0.717, 1.165) is 36.6 Å². The number of ether oxygens (including phenoxy) is 1. The first-order valence-electron chi connectivity index (χ1n) is 12.9. The average Bonchev–Trinajstić information content (AvgIpc) is 3.54. The number of piperidine rings is 1. The van der Waals surface area contributed by atoms with E-state index in [1.54, 1.807) is 30.3 Å². The first kappa shape index (κ1) is 20.3. The maximum atomic E-state index is 13.5. The van der Waals surface area contributed by atoms with Crippen LogP contribution in [0.5, 0.6) is 11.5 Å². The van der Waals surface area contributed by atoms with Crippen LogP contribution in [-0.2, 0) is 11.8 Å². The van der Waals surface area contributed by atoms with Gasteiger partial charge in [-0.05, 0) is 74.8 Å². The largest absolute Gasteiger partial charge is 0.504 e. The highest BCUT2D eigenvalue weighted by molar-refractivity contribution is 6.21. The lowest BCUT2D eigenvalue weighted by Crippen LogP contribution is -2.78. The van der Waals surface area contributed by atoms with E-state index in [2.05, 4.69) is 4.90 Å². The van der Waals surface area contributed by atoms with Gasteiger partial charge >= 0.3 is 0 Å². The molecule has 3 aliphatic heterocycles. The molecule has 3 fully saturated rings. The summed E-state index contributed by atoms with van der Waals surface area (Å²) in [7, 11) is 0. The average molecular weight is 473 g/mol. The van der Waals surface area contributed by atoms with Crippen molar-refractivity contribution in [3.05, 3.63) is 58.7 Å². The number of phenols is 1. The molecule has 2 aromatic carbocycles. The zero-order chi connectivity index (χ0) is 23.7. The van der Waals surface area contributed by atoms with Crippen molar-refractivity contribution in [2.45, 2.75) is 67.7 Å². The molecule has 2 N–H and O–H groups in total. The summed E-state index contributed by atoms with van der Waals surface area (Å²) >= 11 is 0. The Labute approximate surface area is 203 Å². The highest BCUT2D eigenvalue weighted by Gasteiger charge is 2.74. The third-order valence-electron chi connectivity index (χ3n) is 9.89. The normalized spacial score (nSPS) is 36.7. The molecular weight excluding hydrogens is 444 g/mol. The van der Waals surface area contributed by atoms with E-state index in [0.29, 0.717) is 36.1 Å². The number of phenolic OH excluding ortho intramolecular Hbond substituents is 1. The molecule has 1 saturated heterocycles. The molecule has 0 radical (unpaired) electrons. The van der Waals surface area contributed by atoms with Crippen LogP contribution in [0.25, 0.3) is 0 Å². The molecular formula is C28H28N2O5. The van der Waals surface area contributed by atoms with E-state index in [4.69, 9.17) is 4.74 Å². The van der Waals surface area contributed by atoms with Crippen molar-refractivity contribution in [3.63, 3.8) is 0 Å². The lowest BCUT2D eigenvalue weighted by molar-refractivity contribution is -0.196. The lowest BCUT2D eigenvalue weighted by Gasteiger charge is -2.64. The summed E-state index contributed by atoms with van der Waals surface area (Å²) in [4.78, 5) is 30.8. The number of aromatic hydroxyl groups is 1. The number of nitrogens with zero attached hydrogens (tertiary/aromatic N) is 2. The maximum Gasteiger partial charge on any atom is 0.261 e. The van der Waals surface area contributed by atoms with Gasteiger partial charge in [-0.2, -0.15) is 0 Å². The van der Waals surface area contributed by atoms with Crippen LogP contribution in [0.4, 0.5) is 0 Å². The van der Waals surface area contributed by atoms with Crippen LogP contribution in [0.3, 0.4) is 0 Å². The topological polar surface area (TPSA) is 90.3 Å². The molecule has 3 heterocycles. The van der Waals surface area contributed by atoms with Crippen molar-refractivity contribution >= 4 is 11.8 Å². The molecule has 2 bridgehead atoms. The number of fused-ring (bicyclic) bond motifs is 1. The molecule has 3 aliphatic carbocycles. The van der Waals surface area contributed by atoms with E-state index in [9.17, 15) is 19.8 Å². The number of imide groups is 1. The quantitative estimate of drug-likeness (QED) is 0.668. The van der Waals surface area contributed by atoms with Crippen LogP contribution in [0, 0.1) is 5.92 Å². The number of amides is 2. The van der Waals surface area contributed by atoms with Gasteiger partial charge in [0.05, 0.1) is 28.2 Å². The van der Waals surface area contributed by atoms with Crippen LogP contribution < -0.4 is 4.74 Å². The molecule has 6 aliphatic rings. The Bertz CT molecular complexity index is 1290. The van der Waals surface area contributed by atoms with Crippen LogP contribution in [0.15, 0.2) is 36.4 Å². The first-order chi connectivity index (χ1) is 16.9. The van der Waals surface area contributed by atoms with Crippen LogP contribution in [-0.4, -0.2) is 68.7 Å². The number of carbonyl (C=O) groups excluding carboxylic acids is 2. The van der Waals surface area contributed by atoms with E-state index in [1.807, 2.05) is 6.07 Å². The number of carbonyl (C=O) groups is 2. The summed E-state index contributed by atoms with van der Waals surface area (Å²) in [6, 6.07) is 10.1. The smallest absolute Gasteiger partial charge is 0.261 e. The third-order valence-corrected chi connectivity index (χ3v) is 9.89. The third kappa shape index (κ3) is 2.30. The Morgan fingerprint density at radius 1 is 1.00 bits per heavy atom. The van der Waals surface area contributed by atoms with Gasteiger partial charge in [-0.25, -0.2) is 0 Å². The van der Waals surface area contributed by atoms with Crippen molar-refractivity contribution in [1.82, 2.24) is 9.80 Å². The van der Waals surface area contributed by atoms with Gasteiger partial charge in [0.1, 0.15) is 6.10 Å². The number of benzene rings is 2. The predicted molar refractivity (Wildman–Crippen MR) is 126 cm³/mol. The number of hydrogen-bond acceptors (Lipinski definition) is 6. The fraction of sp³-hybridized carbons (Fsp3) is 0.500. The van der Waals surface area contributed by atoms with E-state index in [-0.39, 0.29) is 23.6 Å². The summed E-state index contributed by atoms with van der Waals surface area (Å²) < 4.78 is 6.55. The molecule has 180 valence electrons.